The van der Waals surface area contributed by atoms with Crippen LogP contribution < -0.4 is 0 Å². The second-order valence-electron chi connectivity index (χ2n) is 6.47. The molecule has 0 heterocycles. The van der Waals surface area contributed by atoms with Gasteiger partial charge in [0.25, 0.3) is 0 Å². The predicted molar refractivity (Wildman–Crippen MR) is 81.7 cm³/mol. The fourth-order valence-corrected chi connectivity index (χ4v) is 9.64. The van der Waals surface area contributed by atoms with Gasteiger partial charge in [0.05, 0.1) is 0 Å². The van der Waals surface area contributed by atoms with Gasteiger partial charge in [-0.15, -0.1) is 0 Å². The first-order valence-electron chi connectivity index (χ1n) is 6.69. The minimum atomic E-state index is -1.60. The molecule has 104 valence electrons. The van der Waals surface area contributed by atoms with Gasteiger partial charge in [-0.1, -0.05) is 0 Å². The molecular weight excluding hydrogens is 271 g/mol. The second-order valence-corrected chi connectivity index (χ2v) is 17.2. The van der Waals surface area contributed by atoms with Gasteiger partial charge in [0, 0.05) is 0 Å². The molecule has 0 saturated heterocycles. The van der Waals surface area contributed by atoms with Crippen molar-refractivity contribution in [1.29, 1.82) is 0 Å². The summed E-state index contributed by atoms with van der Waals surface area (Å²) in [4.78, 5) is 7.03. The third-order valence-electron chi connectivity index (χ3n) is 3.49. The van der Waals surface area contributed by atoms with Crippen LogP contribution in [0.3, 0.4) is 0 Å². The molecule has 0 aromatic carbocycles. The Labute approximate surface area is 112 Å². The van der Waals surface area contributed by atoms with Crippen molar-refractivity contribution in [3.63, 3.8) is 0 Å². The average Bonchev–Trinajstić information content (AvgIpc) is 2.21. The quantitative estimate of drug-likeness (QED) is 0.601. The maximum absolute atomic E-state index is 2.64. The third-order valence-corrected chi connectivity index (χ3v) is 12.5. The van der Waals surface area contributed by atoms with Gasteiger partial charge in [-0.25, -0.2) is 0 Å². The first-order valence-corrected chi connectivity index (χ1v) is 13.2. The van der Waals surface area contributed by atoms with E-state index in [1.165, 1.54) is 35.4 Å². The van der Waals surface area contributed by atoms with Crippen molar-refractivity contribution < 1.29 is 0 Å². The molecule has 4 heteroatoms. The summed E-state index contributed by atoms with van der Waals surface area (Å²) in [5.74, 6) is 2.64. The van der Waals surface area contributed by atoms with E-state index in [9.17, 15) is 0 Å². The zero-order valence-corrected chi connectivity index (χ0v) is 15.2. The van der Waals surface area contributed by atoms with Crippen molar-refractivity contribution in [1.82, 2.24) is 14.7 Å². The van der Waals surface area contributed by atoms with Crippen molar-refractivity contribution in [2.24, 2.45) is 0 Å². The zero-order valence-electron chi connectivity index (χ0n) is 13.1. The Kier molecular flexibility index (Phi) is 8.72. The fraction of sp³-hybridized carbons (Fsp3) is 1.00. The molecule has 17 heavy (non-hydrogen) atoms. The van der Waals surface area contributed by atoms with E-state index < -0.39 is 13.3 Å². The average molecular weight is 304 g/mol. The van der Waals surface area contributed by atoms with Crippen LogP contribution in [-0.4, -0.2) is 89.9 Å². The Hall–Kier alpha value is 0.423. The molecule has 0 radical (unpaired) electrons. The monoisotopic (exact) mass is 305 g/mol. The van der Waals surface area contributed by atoms with E-state index >= 15 is 0 Å². The number of hydrogen-bond acceptors (Lipinski definition) is 3. The first kappa shape index (κ1) is 17.4. The van der Waals surface area contributed by atoms with Crippen molar-refractivity contribution in [3.05, 3.63) is 0 Å². The van der Waals surface area contributed by atoms with Crippen LogP contribution in [0.4, 0.5) is 0 Å². The van der Waals surface area contributed by atoms with Crippen molar-refractivity contribution in [2.45, 2.75) is 21.5 Å². The normalized spacial score (nSPS) is 13.1. The van der Waals surface area contributed by atoms with Crippen LogP contribution in [-0.2, 0) is 0 Å². The molecule has 0 bridgehead atoms. The van der Waals surface area contributed by atoms with Gasteiger partial charge >= 0.3 is 111 Å². The number of hydrogen-bond donors (Lipinski definition) is 0. The van der Waals surface area contributed by atoms with Crippen LogP contribution in [0.5, 0.6) is 0 Å². The van der Waals surface area contributed by atoms with Gasteiger partial charge in [-0.3, -0.25) is 0 Å². The summed E-state index contributed by atoms with van der Waals surface area (Å²) in [7, 11) is 13.2. The van der Waals surface area contributed by atoms with Gasteiger partial charge in [0.1, 0.15) is 0 Å². The van der Waals surface area contributed by atoms with Crippen LogP contribution in [0.1, 0.15) is 0 Å². The van der Waals surface area contributed by atoms with Gasteiger partial charge in [0.2, 0.25) is 0 Å². The molecule has 0 atom stereocenters. The summed E-state index contributed by atoms with van der Waals surface area (Å²) in [5.41, 5.74) is 0. The van der Waals surface area contributed by atoms with Crippen molar-refractivity contribution in [3.8, 4) is 0 Å². The molecule has 0 aliphatic rings. The van der Waals surface area contributed by atoms with Crippen LogP contribution in [0, 0.1) is 0 Å². The first-order chi connectivity index (χ1) is 7.75. The van der Waals surface area contributed by atoms with E-state index in [1.807, 2.05) is 0 Å². The molecule has 0 spiro atoms. The molecule has 0 aliphatic heterocycles. The van der Waals surface area contributed by atoms with Gasteiger partial charge in [-0.2, -0.15) is 0 Å². The third kappa shape index (κ3) is 10.1. The standard InChI is InChI=1S/C13H33GeN3/c1-14(8-11-15(2)3,9-12-16(4)5)10-13-17(6)7/h8-13H2,1-7H3. The molecule has 0 saturated carbocycles. The summed E-state index contributed by atoms with van der Waals surface area (Å²) in [6, 6.07) is 0. The van der Waals surface area contributed by atoms with E-state index in [0.717, 1.165) is 0 Å². The molecule has 3 nitrogen and oxygen atoms in total. The van der Waals surface area contributed by atoms with Crippen LogP contribution in [0.15, 0.2) is 0 Å². The molecular formula is C13H33GeN3. The van der Waals surface area contributed by atoms with Gasteiger partial charge < -0.3 is 0 Å². The van der Waals surface area contributed by atoms with E-state index in [1.54, 1.807) is 0 Å². The summed E-state index contributed by atoms with van der Waals surface area (Å²) in [5, 5.41) is 4.44. The van der Waals surface area contributed by atoms with E-state index in [0.29, 0.717) is 0 Å². The maximum atomic E-state index is 2.64. The Morgan fingerprint density at radius 1 is 0.588 bits per heavy atom. The summed E-state index contributed by atoms with van der Waals surface area (Å²) in [6.07, 6.45) is 0. The SMILES string of the molecule is CN(C)C[CH2][Ge]([CH3])([CH2]CN(C)C)[CH2]CN(C)C. The molecule has 0 rings (SSSR count). The van der Waals surface area contributed by atoms with Gasteiger partial charge in [-0.05, 0) is 0 Å². The molecule has 0 amide bonds. The van der Waals surface area contributed by atoms with Crippen molar-refractivity contribution >= 4 is 13.3 Å². The fourth-order valence-electron chi connectivity index (χ4n) is 1.86. The van der Waals surface area contributed by atoms with Gasteiger partial charge in [0.15, 0.2) is 0 Å². The molecule has 0 fully saturated rings. The van der Waals surface area contributed by atoms with E-state index in [4.69, 9.17) is 0 Å². The van der Waals surface area contributed by atoms with Crippen molar-refractivity contribution in [2.75, 3.05) is 61.9 Å². The Balaban J connectivity index is 4.23. The molecule has 0 aromatic rings. The van der Waals surface area contributed by atoms with E-state index in [2.05, 4.69) is 62.7 Å². The second kappa shape index (κ2) is 8.51. The van der Waals surface area contributed by atoms with Crippen LogP contribution >= 0.6 is 0 Å². The van der Waals surface area contributed by atoms with E-state index in [-0.39, 0.29) is 0 Å². The molecule has 0 aliphatic carbocycles. The van der Waals surface area contributed by atoms with Crippen LogP contribution in [0.25, 0.3) is 0 Å². The Morgan fingerprint density at radius 2 is 0.824 bits per heavy atom. The number of rotatable bonds is 9. The predicted octanol–water partition coefficient (Wildman–Crippen LogP) is 1.75. The minimum absolute atomic E-state index is 1.28. The summed E-state index contributed by atoms with van der Waals surface area (Å²) >= 11 is -1.60. The molecule has 0 unspecified atom stereocenters. The topological polar surface area (TPSA) is 9.72 Å². The van der Waals surface area contributed by atoms with Crippen LogP contribution in [0.2, 0.25) is 21.5 Å². The molecule has 0 N–H and O–H groups in total. The Morgan fingerprint density at radius 3 is 1.00 bits per heavy atom. The molecule has 0 aromatic heterocycles. The Bertz CT molecular complexity index is 162. The number of nitrogens with zero attached hydrogens (tertiary/aromatic N) is 3. The summed E-state index contributed by atoms with van der Waals surface area (Å²) < 4.78 is 0. The summed E-state index contributed by atoms with van der Waals surface area (Å²) in [6.45, 7) is 3.83. The zero-order chi connectivity index (χ0) is 13.5.